The quantitative estimate of drug-likeness (QED) is 0.161. The second-order valence-electron chi connectivity index (χ2n) is 15.9. The van der Waals surface area contributed by atoms with Gasteiger partial charge in [0.05, 0.1) is 36.9 Å². The molecule has 8 rings (SSSR count). The SMILES string of the molecule is COC(=O)N[C@H](C(=O)N1CC2CCC1(c1ncc(-c3ccc(-c4ccc(-c5cnc([C@@H]6CCCN6C(=O)CC(C)C)[nH]5)cc4)c4c3OCO4)[nH]1)C2)C(C)C. The molecule has 13 heteroatoms. The van der Waals surface area contributed by atoms with Crippen LogP contribution in [0, 0.1) is 17.8 Å². The van der Waals surface area contributed by atoms with Gasteiger partial charge in [-0.05, 0) is 73.1 Å². The summed E-state index contributed by atoms with van der Waals surface area (Å²) < 4.78 is 17.0. The number of fused-ring (bicyclic) bond motifs is 3. The number of aromatic amines is 2. The first-order chi connectivity index (χ1) is 26.1. The van der Waals surface area contributed by atoms with Crippen LogP contribution < -0.4 is 14.8 Å². The number of alkyl carbamates (subject to hydrolysis) is 1. The molecule has 0 spiro atoms. The van der Waals surface area contributed by atoms with E-state index in [-0.39, 0.29) is 30.6 Å². The first-order valence-corrected chi connectivity index (χ1v) is 19.2. The first-order valence-electron chi connectivity index (χ1n) is 19.2. The second-order valence-corrected chi connectivity index (χ2v) is 15.9. The molecule has 4 aliphatic rings. The molecule has 2 aromatic heterocycles. The second kappa shape index (κ2) is 14.1. The number of nitrogens with one attached hydrogen (secondary N) is 3. The highest BCUT2D eigenvalue weighted by Crippen LogP contribution is 2.53. The van der Waals surface area contributed by atoms with Crippen molar-refractivity contribution in [2.24, 2.45) is 17.8 Å². The number of hydrogen-bond donors (Lipinski definition) is 3. The van der Waals surface area contributed by atoms with Gasteiger partial charge in [0, 0.05) is 30.6 Å². The zero-order chi connectivity index (χ0) is 37.7. The van der Waals surface area contributed by atoms with Crippen LogP contribution in [-0.2, 0) is 19.9 Å². The number of rotatable bonds is 10. The maximum atomic E-state index is 14.0. The molecule has 3 N–H and O–H groups in total. The van der Waals surface area contributed by atoms with Crippen LogP contribution in [0.25, 0.3) is 33.6 Å². The Balaban J connectivity index is 1.02. The number of piperidine rings is 1. The zero-order valence-electron chi connectivity index (χ0n) is 31.6. The molecule has 284 valence electrons. The number of aromatic nitrogens is 4. The van der Waals surface area contributed by atoms with Gasteiger partial charge >= 0.3 is 6.09 Å². The lowest BCUT2D eigenvalue weighted by molar-refractivity contribution is -0.140. The summed E-state index contributed by atoms with van der Waals surface area (Å²) in [5.74, 6) is 3.53. The van der Waals surface area contributed by atoms with Gasteiger partial charge in [0.25, 0.3) is 0 Å². The minimum absolute atomic E-state index is 0.0182. The number of carbonyl (C=O) groups excluding carboxylic acids is 3. The van der Waals surface area contributed by atoms with Crippen molar-refractivity contribution in [2.75, 3.05) is 27.0 Å². The Kier molecular flexibility index (Phi) is 9.35. The van der Waals surface area contributed by atoms with E-state index in [0.717, 1.165) is 83.9 Å². The highest BCUT2D eigenvalue weighted by Gasteiger charge is 2.56. The van der Waals surface area contributed by atoms with Gasteiger partial charge in [-0.1, -0.05) is 52.0 Å². The highest BCUT2D eigenvalue weighted by atomic mass is 16.7. The van der Waals surface area contributed by atoms with Crippen molar-refractivity contribution < 1.29 is 28.6 Å². The number of imidazole rings is 2. The normalized spacial score (nSPS) is 22.1. The summed E-state index contributed by atoms with van der Waals surface area (Å²) in [5.41, 5.74) is 4.83. The molecule has 2 unspecified atom stereocenters. The summed E-state index contributed by atoms with van der Waals surface area (Å²) in [6, 6.07) is 11.6. The molecule has 1 saturated carbocycles. The predicted molar refractivity (Wildman–Crippen MR) is 201 cm³/mol. The van der Waals surface area contributed by atoms with Crippen molar-refractivity contribution in [3.8, 4) is 45.1 Å². The van der Waals surface area contributed by atoms with Crippen molar-refractivity contribution >= 4 is 17.9 Å². The minimum atomic E-state index is -0.704. The van der Waals surface area contributed by atoms with Crippen LogP contribution in [0.2, 0.25) is 0 Å². The molecule has 3 fully saturated rings. The molecule has 13 nitrogen and oxygen atoms in total. The summed E-state index contributed by atoms with van der Waals surface area (Å²) >= 11 is 0. The van der Waals surface area contributed by atoms with E-state index in [0.29, 0.717) is 36.3 Å². The molecule has 2 bridgehead atoms. The maximum Gasteiger partial charge on any atom is 0.407 e. The molecule has 5 heterocycles. The fourth-order valence-corrected chi connectivity index (χ4v) is 8.90. The average molecular weight is 736 g/mol. The van der Waals surface area contributed by atoms with Crippen LogP contribution in [0.5, 0.6) is 11.5 Å². The third-order valence-electron chi connectivity index (χ3n) is 11.6. The molecule has 3 amide bonds. The van der Waals surface area contributed by atoms with Crippen molar-refractivity contribution in [3.63, 3.8) is 0 Å². The molecular formula is C41H49N7O6. The summed E-state index contributed by atoms with van der Waals surface area (Å²) in [7, 11) is 1.30. The van der Waals surface area contributed by atoms with E-state index >= 15 is 0 Å². The Labute approximate surface area is 315 Å². The van der Waals surface area contributed by atoms with Crippen molar-refractivity contribution in [1.29, 1.82) is 0 Å². The third-order valence-corrected chi connectivity index (χ3v) is 11.6. The molecule has 54 heavy (non-hydrogen) atoms. The number of benzene rings is 2. The van der Waals surface area contributed by atoms with Gasteiger partial charge in [0.2, 0.25) is 18.6 Å². The Bertz CT molecular complexity index is 2050. The average Bonchev–Trinajstić information content (AvgIpc) is 4.01. The third kappa shape index (κ3) is 6.26. The smallest absolute Gasteiger partial charge is 0.407 e. The Morgan fingerprint density at radius 2 is 1.67 bits per heavy atom. The fourth-order valence-electron chi connectivity index (χ4n) is 8.90. The van der Waals surface area contributed by atoms with Gasteiger partial charge in [0.1, 0.15) is 23.2 Å². The van der Waals surface area contributed by atoms with Gasteiger partial charge < -0.3 is 39.3 Å². The number of hydrogen-bond acceptors (Lipinski definition) is 8. The van der Waals surface area contributed by atoms with Crippen LogP contribution in [-0.4, -0.2) is 80.7 Å². The summed E-state index contributed by atoms with van der Waals surface area (Å²) in [4.78, 5) is 59.5. The number of likely N-dealkylation sites (tertiary alicyclic amines) is 2. The molecule has 4 atom stereocenters. The van der Waals surface area contributed by atoms with Crippen molar-refractivity contribution in [3.05, 3.63) is 60.4 Å². The van der Waals surface area contributed by atoms with E-state index in [9.17, 15) is 14.4 Å². The highest BCUT2D eigenvalue weighted by molar-refractivity contribution is 5.87. The molecular weight excluding hydrogens is 686 g/mol. The van der Waals surface area contributed by atoms with E-state index in [2.05, 4.69) is 53.4 Å². The van der Waals surface area contributed by atoms with Crippen molar-refractivity contribution in [1.82, 2.24) is 35.1 Å². The standard InChI is InChI=1S/C41H49N7O6/c1-23(2)17-33(49)47-16-6-7-32(47)37-42-19-30(44-37)27-10-8-26(9-11-27)28-12-13-29(36-35(28)53-22-54-36)31-20-43-39(45-31)41-15-14-25(18-41)21-48(41)38(50)34(24(3)4)46-40(51)52-5/h8-13,19-20,23-25,32,34H,6-7,14-18,21-22H2,1-5H3,(H,42,44)(H,43,45)(H,46,51)/t25?,32-,34-,41?/m0/s1. The zero-order valence-corrected chi connectivity index (χ0v) is 31.6. The number of methoxy groups -OCH3 is 1. The molecule has 0 radical (unpaired) electrons. The van der Waals surface area contributed by atoms with Crippen LogP contribution in [0.4, 0.5) is 4.79 Å². The fraction of sp³-hybridized carbons (Fsp3) is 0.488. The first kappa shape index (κ1) is 35.7. The summed E-state index contributed by atoms with van der Waals surface area (Å²) in [6.45, 7) is 9.49. The maximum absolute atomic E-state index is 14.0. The van der Waals surface area contributed by atoms with E-state index < -0.39 is 17.7 Å². The van der Waals surface area contributed by atoms with Gasteiger partial charge in [0.15, 0.2) is 11.5 Å². The molecule has 2 aromatic carbocycles. The van der Waals surface area contributed by atoms with Crippen LogP contribution in [0.15, 0.2) is 48.8 Å². The van der Waals surface area contributed by atoms with Gasteiger partial charge in [-0.2, -0.15) is 0 Å². The molecule has 4 aromatic rings. The Morgan fingerprint density at radius 3 is 2.39 bits per heavy atom. The molecule has 3 aliphatic heterocycles. The van der Waals surface area contributed by atoms with Crippen LogP contribution >= 0.6 is 0 Å². The van der Waals surface area contributed by atoms with Crippen LogP contribution in [0.3, 0.4) is 0 Å². The number of amides is 3. The number of H-pyrrole nitrogens is 2. The van der Waals surface area contributed by atoms with E-state index in [1.807, 2.05) is 42.0 Å². The van der Waals surface area contributed by atoms with Gasteiger partial charge in [-0.25, -0.2) is 14.8 Å². The molecule has 1 aliphatic carbocycles. The lowest BCUT2D eigenvalue weighted by atomic mass is 9.93. The number of nitrogens with zero attached hydrogens (tertiary/aromatic N) is 4. The number of carbonyl (C=O) groups is 3. The summed E-state index contributed by atoms with van der Waals surface area (Å²) in [6.07, 6.45) is 8.10. The van der Waals surface area contributed by atoms with E-state index in [1.54, 1.807) is 6.20 Å². The van der Waals surface area contributed by atoms with E-state index in [4.69, 9.17) is 24.2 Å². The topological polar surface area (TPSA) is 155 Å². The number of ether oxygens (including phenoxy) is 3. The lowest BCUT2D eigenvalue weighted by Gasteiger charge is -2.40. The predicted octanol–water partition coefficient (Wildman–Crippen LogP) is 6.79. The molecule has 2 saturated heterocycles. The van der Waals surface area contributed by atoms with Crippen molar-refractivity contribution in [2.45, 2.75) is 83.8 Å². The largest absolute Gasteiger partial charge is 0.453 e. The summed E-state index contributed by atoms with van der Waals surface area (Å²) in [5, 5.41) is 2.75. The lowest BCUT2D eigenvalue weighted by Crippen LogP contribution is -2.56. The monoisotopic (exact) mass is 735 g/mol. The van der Waals surface area contributed by atoms with E-state index in [1.165, 1.54) is 7.11 Å². The van der Waals surface area contributed by atoms with Gasteiger partial charge in [-0.15, -0.1) is 0 Å². The van der Waals surface area contributed by atoms with Crippen LogP contribution in [0.1, 0.15) is 83.9 Å². The minimum Gasteiger partial charge on any atom is -0.453 e. The van der Waals surface area contributed by atoms with Gasteiger partial charge in [-0.3, -0.25) is 9.59 Å². The Morgan fingerprint density at radius 1 is 0.944 bits per heavy atom. The Hall–Kier alpha value is -5.33.